The largest absolute Gasteiger partial charge is 0.451 e. The number of nitrogens with one attached hydrogen (secondary N) is 1. The molecule has 0 saturated heterocycles. The average molecular weight is 400 g/mol. The van der Waals surface area contributed by atoms with E-state index < -0.39 is 10.8 Å². The second kappa shape index (κ2) is 6.82. The van der Waals surface area contributed by atoms with Crippen LogP contribution < -0.4 is 5.32 Å². The highest BCUT2D eigenvalue weighted by molar-refractivity contribution is 7.22. The molecule has 0 aliphatic rings. The van der Waals surface area contributed by atoms with Crippen LogP contribution in [0, 0.1) is 10.1 Å². The molecule has 0 atom stereocenters. The van der Waals surface area contributed by atoms with E-state index in [1.807, 2.05) is 0 Å². The number of nitro groups is 1. The number of hydrogen-bond acceptors (Lipinski definition) is 6. The van der Waals surface area contributed by atoms with E-state index in [2.05, 4.69) is 10.3 Å². The van der Waals surface area contributed by atoms with Gasteiger partial charge in [-0.05, 0) is 42.5 Å². The fourth-order valence-corrected chi connectivity index (χ4v) is 3.49. The van der Waals surface area contributed by atoms with Gasteiger partial charge in [-0.3, -0.25) is 20.2 Å². The maximum atomic E-state index is 12.4. The molecule has 0 unspecified atom stereocenters. The summed E-state index contributed by atoms with van der Waals surface area (Å²) in [6.45, 7) is 0. The van der Waals surface area contributed by atoms with Crippen LogP contribution in [0.1, 0.15) is 10.6 Å². The summed E-state index contributed by atoms with van der Waals surface area (Å²) in [5, 5.41) is 14.5. The number of carbonyl (C=O) groups is 1. The van der Waals surface area contributed by atoms with E-state index >= 15 is 0 Å². The molecule has 0 saturated carbocycles. The first-order valence-corrected chi connectivity index (χ1v) is 8.91. The lowest BCUT2D eigenvalue weighted by Crippen LogP contribution is -2.10. The van der Waals surface area contributed by atoms with Crippen LogP contribution >= 0.6 is 22.9 Å². The number of nitrogens with zero attached hydrogens (tertiary/aromatic N) is 2. The summed E-state index contributed by atoms with van der Waals surface area (Å²) in [6, 6.07) is 14.7. The van der Waals surface area contributed by atoms with Crippen LogP contribution in [0.2, 0.25) is 5.02 Å². The van der Waals surface area contributed by atoms with Gasteiger partial charge in [-0.2, -0.15) is 0 Å². The van der Waals surface area contributed by atoms with Crippen LogP contribution in [0.25, 0.3) is 21.5 Å². The van der Waals surface area contributed by atoms with Gasteiger partial charge < -0.3 is 4.42 Å². The van der Waals surface area contributed by atoms with E-state index in [4.69, 9.17) is 16.0 Å². The van der Waals surface area contributed by atoms with Gasteiger partial charge in [0, 0.05) is 22.7 Å². The Balaban J connectivity index is 1.54. The first kappa shape index (κ1) is 17.2. The highest BCUT2D eigenvalue weighted by Crippen LogP contribution is 2.30. The van der Waals surface area contributed by atoms with Crippen molar-refractivity contribution in [1.82, 2.24) is 4.98 Å². The molecule has 4 rings (SSSR count). The Kier molecular flexibility index (Phi) is 4.35. The van der Waals surface area contributed by atoms with Gasteiger partial charge in [0.05, 0.1) is 15.1 Å². The predicted octanol–water partition coefficient (Wildman–Crippen LogP) is 5.37. The number of nitro benzene ring substituents is 1. The number of thiazole rings is 1. The zero-order valence-electron chi connectivity index (χ0n) is 13.5. The SMILES string of the molecule is O=C(Nc1nc2ccc([N+](=O)[O-])cc2s1)c1ccc(-c2ccc(Cl)cc2)o1. The van der Waals surface area contributed by atoms with Gasteiger partial charge in [-0.1, -0.05) is 22.9 Å². The number of amides is 1. The van der Waals surface area contributed by atoms with E-state index in [1.54, 1.807) is 42.5 Å². The molecule has 0 bridgehead atoms. The lowest BCUT2D eigenvalue weighted by Gasteiger charge is -1.99. The van der Waals surface area contributed by atoms with Gasteiger partial charge in [0.2, 0.25) is 0 Å². The molecule has 7 nitrogen and oxygen atoms in total. The molecule has 0 aliphatic heterocycles. The lowest BCUT2D eigenvalue weighted by molar-refractivity contribution is -0.384. The molecule has 9 heteroatoms. The van der Waals surface area contributed by atoms with Crippen molar-refractivity contribution in [3.8, 4) is 11.3 Å². The van der Waals surface area contributed by atoms with Crippen molar-refractivity contribution in [3.63, 3.8) is 0 Å². The molecule has 1 N–H and O–H groups in total. The summed E-state index contributed by atoms with van der Waals surface area (Å²) in [5.74, 6) is 0.214. The minimum Gasteiger partial charge on any atom is -0.451 e. The molecule has 0 aliphatic carbocycles. The average Bonchev–Trinajstić information content (AvgIpc) is 3.28. The summed E-state index contributed by atoms with van der Waals surface area (Å²) in [5.41, 5.74) is 1.34. The summed E-state index contributed by atoms with van der Waals surface area (Å²) in [7, 11) is 0. The van der Waals surface area contributed by atoms with E-state index in [0.29, 0.717) is 26.1 Å². The molecule has 2 heterocycles. The fraction of sp³-hybridized carbons (Fsp3) is 0. The van der Waals surface area contributed by atoms with E-state index in [9.17, 15) is 14.9 Å². The van der Waals surface area contributed by atoms with Gasteiger partial charge in [0.25, 0.3) is 11.6 Å². The standard InChI is InChI=1S/C18H10ClN3O4S/c19-11-3-1-10(2-4-11)14-7-8-15(26-14)17(23)21-18-20-13-6-5-12(22(24)25)9-16(13)27-18/h1-9H,(H,20,21,23). The second-order valence-electron chi connectivity index (χ2n) is 5.55. The van der Waals surface area contributed by atoms with Crippen molar-refractivity contribution < 1.29 is 14.1 Å². The van der Waals surface area contributed by atoms with Crippen LogP contribution in [0.15, 0.2) is 59.0 Å². The zero-order valence-corrected chi connectivity index (χ0v) is 15.1. The van der Waals surface area contributed by atoms with E-state index in [1.165, 1.54) is 12.1 Å². The van der Waals surface area contributed by atoms with Crippen molar-refractivity contribution in [2.24, 2.45) is 0 Å². The molecule has 0 radical (unpaired) electrons. The third-order valence-electron chi connectivity index (χ3n) is 3.76. The number of furan rings is 1. The van der Waals surface area contributed by atoms with Crippen LogP contribution in [0.4, 0.5) is 10.8 Å². The van der Waals surface area contributed by atoms with Crippen molar-refractivity contribution >= 4 is 49.9 Å². The third-order valence-corrected chi connectivity index (χ3v) is 4.95. The fourth-order valence-electron chi connectivity index (χ4n) is 2.47. The Morgan fingerprint density at radius 3 is 2.67 bits per heavy atom. The monoisotopic (exact) mass is 399 g/mol. The minimum absolute atomic E-state index is 0.0253. The number of aromatic nitrogens is 1. The Morgan fingerprint density at radius 2 is 1.93 bits per heavy atom. The molecule has 0 spiro atoms. The number of halogens is 1. The molecule has 4 aromatic rings. The van der Waals surface area contributed by atoms with Crippen molar-refractivity contribution in [2.75, 3.05) is 5.32 Å². The van der Waals surface area contributed by atoms with Crippen molar-refractivity contribution in [1.29, 1.82) is 0 Å². The maximum absolute atomic E-state index is 12.4. The Bertz CT molecular complexity index is 1170. The van der Waals surface area contributed by atoms with Crippen LogP contribution in [0.3, 0.4) is 0 Å². The number of hydrogen-bond donors (Lipinski definition) is 1. The third kappa shape index (κ3) is 3.53. The normalized spacial score (nSPS) is 10.9. The molecule has 2 aromatic carbocycles. The van der Waals surface area contributed by atoms with Gasteiger partial charge in [-0.25, -0.2) is 4.98 Å². The quantitative estimate of drug-likeness (QED) is 0.367. The number of carbonyl (C=O) groups excluding carboxylic acids is 1. The van der Waals surface area contributed by atoms with Gasteiger partial charge >= 0.3 is 0 Å². The topological polar surface area (TPSA) is 98.3 Å². The molecule has 134 valence electrons. The first-order chi connectivity index (χ1) is 13.0. The maximum Gasteiger partial charge on any atom is 0.293 e. The number of rotatable bonds is 4. The molecule has 27 heavy (non-hydrogen) atoms. The van der Waals surface area contributed by atoms with E-state index in [-0.39, 0.29) is 11.4 Å². The van der Waals surface area contributed by atoms with Crippen molar-refractivity contribution in [2.45, 2.75) is 0 Å². The highest BCUT2D eigenvalue weighted by atomic mass is 35.5. The highest BCUT2D eigenvalue weighted by Gasteiger charge is 2.16. The van der Waals surface area contributed by atoms with Crippen LogP contribution in [0.5, 0.6) is 0 Å². The lowest BCUT2D eigenvalue weighted by atomic mass is 10.2. The van der Waals surface area contributed by atoms with Crippen LogP contribution in [-0.2, 0) is 0 Å². The number of anilines is 1. The summed E-state index contributed by atoms with van der Waals surface area (Å²) >= 11 is 7.02. The smallest absolute Gasteiger partial charge is 0.293 e. The molecule has 2 aromatic heterocycles. The summed E-state index contributed by atoms with van der Waals surface area (Å²) in [6.07, 6.45) is 0. The Morgan fingerprint density at radius 1 is 1.15 bits per heavy atom. The second-order valence-corrected chi connectivity index (χ2v) is 7.02. The van der Waals surface area contributed by atoms with Gasteiger partial charge in [0.15, 0.2) is 10.9 Å². The number of fused-ring (bicyclic) bond motifs is 1. The Labute approximate surface area is 161 Å². The Hall–Kier alpha value is -3.23. The molecule has 1 amide bonds. The number of benzene rings is 2. The number of non-ortho nitro benzene ring substituents is 1. The van der Waals surface area contributed by atoms with Crippen LogP contribution in [-0.4, -0.2) is 15.8 Å². The predicted molar refractivity (Wildman–Crippen MR) is 103 cm³/mol. The minimum atomic E-state index is -0.474. The summed E-state index contributed by atoms with van der Waals surface area (Å²) < 4.78 is 6.21. The zero-order chi connectivity index (χ0) is 19.0. The van der Waals surface area contributed by atoms with Crippen molar-refractivity contribution in [3.05, 3.63) is 75.5 Å². The summed E-state index contributed by atoms with van der Waals surface area (Å²) in [4.78, 5) is 27.0. The van der Waals surface area contributed by atoms with Gasteiger partial charge in [-0.15, -0.1) is 0 Å². The first-order valence-electron chi connectivity index (χ1n) is 7.72. The molecular formula is C18H10ClN3O4S. The molecule has 0 fully saturated rings. The van der Waals surface area contributed by atoms with Gasteiger partial charge in [0.1, 0.15) is 5.76 Å². The molecular weight excluding hydrogens is 390 g/mol. The van der Waals surface area contributed by atoms with E-state index in [0.717, 1.165) is 16.9 Å².